The fraction of sp³-hybridized carbons (Fsp3) is 0.600. The van der Waals surface area contributed by atoms with Gasteiger partial charge in [-0.25, -0.2) is 0 Å². The molecule has 1 atom stereocenters. The van der Waals surface area contributed by atoms with E-state index in [2.05, 4.69) is 5.32 Å². The zero-order chi connectivity index (χ0) is 14.7. The highest BCUT2D eigenvalue weighted by Crippen LogP contribution is 2.35. The average molecular weight is 292 g/mol. The van der Waals surface area contributed by atoms with Crippen LogP contribution in [0.2, 0.25) is 0 Å². The minimum atomic E-state index is -0.363. The third-order valence-electron chi connectivity index (χ3n) is 4.35. The van der Waals surface area contributed by atoms with Crippen molar-refractivity contribution in [1.82, 2.24) is 5.32 Å². The van der Waals surface area contributed by atoms with Crippen molar-refractivity contribution in [3.05, 3.63) is 39.9 Å². The predicted molar refractivity (Wildman–Crippen MR) is 77.1 cm³/mol. The first-order valence-corrected chi connectivity index (χ1v) is 7.37. The summed E-state index contributed by atoms with van der Waals surface area (Å²) < 4.78 is 11.8. The minimum Gasteiger partial charge on any atom is -0.372 e. The summed E-state index contributed by atoms with van der Waals surface area (Å²) in [7, 11) is 0. The number of hydrogen-bond acceptors (Lipinski definition) is 5. The lowest BCUT2D eigenvalue weighted by molar-refractivity contribution is -0.386. The summed E-state index contributed by atoms with van der Waals surface area (Å²) in [6.45, 7) is 2.81. The molecule has 2 aliphatic rings. The van der Waals surface area contributed by atoms with Crippen LogP contribution in [0.4, 0.5) is 5.69 Å². The van der Waals surface area contributed by atoms with Crippen molar-refractivity contribution >= 4 is 5.69 Å². The number of hydrogen-bond donors (Lipinski definition) is 1. The van der Waals surface area contributed by atoms with Gasteiger partial charge in [-0.05, 0) is 32.0 Å². The monoisotopic (exact) mass is 292 g/mol. The molecule has 0 radical (unpaired) electrons. The third-order valence-corrected chi connectivity index (χ3v) is 4.35. The molecule has 2 aliphatic heterocycles. The van der Waals surface area contributed by atoms with Crippen LogP contribution in [-0.4, -0.2) is 36.3 Å². The number of rotatable bonds is 4. The highest BCUT2D eigenvalue weighted by molar-refractivity contribution is 5.39. The molecule has 114 valence electrons. The van der Waals surface area contributed by atoms with E-state index >= 15 is 0 Å². The Kier molecular flexibility index (Phi) is 4.19. The molecule has 1 N–H and O–H groups in total. The zero-order valence-electron chi connectivity index (χ0n) is 11.9. The first kappa shape index (κ1) is 14.4. The molecule has 1 spiro atoms. The number of para-hydroxylation sites is 1. The van der Waals surface area contributed by atoms with Gasteiger partial charge in [-0.1, -0.05) is 12.1 Å². The first-order chi connectivity index (χ1) is 10.2. The minimum absolute atomic E-state index is 0.0305. The molecule has 0 bridgehead atoms. The number of nitro groups is 1. The number of nitro benzene ring substituents is 1. The van der Waals surface area contributed by atoms with E-state index in [0.717, 1.165) is 32.4 Å². The Hall–Kier alpha value is -1.50. The summed E-state index contributed by atoms with van der Waals surface area (Å²) in [5.74, 6) is 0. The summed E-state index contributed by atoms with van der Waals surface area (Å²) in [5.41, 5.74) is 0.695. The van der Waals surface area contributed by atoms with Crippen LogP contribution in [0.1, 0.15) is 24.8 Å². The highest BCUT2D eigenvalue weighted by Gasteiger charge is 2.41. The van der Waals surface area contributed by atoms with Crippen molar-refractivity contribution in [2.45, 2.75) is 37.6 Å². The fourth-order valence-corrected chi connectivity index (χ4v) is 3.16. The van der Waals surface area contributed by atoms with E-state index in [4.69, 9.17) is 9.47 Å². The molecule has 2 saturated heterocycles. The Morgan fingerprint density at radius 3 is 2.90 bits per heavy atom. The number of ether oxygens (including phenoxy) is 2. The predicted octanol–water partition coefficient (Wildman–Crippen LogP) is 2.02. The van der Waals surface area contributed by atoms with Crippen LogP contribution >= 0.6 is 0 Å². The maximum atomic E-state index is 11.0. The van der Waals surface area contributed by atoms with Gasteiger partial charge in [0.15, 0.2) is 0 Å². The second kappa shape index (κ2) is 6.09. The average Bonchev–Trinajstić information content (AvgIpc) is 2.89. The molecular weight excluding hydrogens is 272 g/mol. The lowest BCUT2D eigenvalue weighted by Crippen LogP contribution is -2.41. The van der Waals surface area contributed by atoms with Crippen LogP contribution in [0.15, 0.2) is 24.3 Å². The standard InChI is InChI=1S/C15H20N2O4/c18-17(19)14-4-2-1-3-12(14)10-20-13-9-15(21-11-13)5-7-16-8-6-15/h1-4,13,16H,5-11H2. The normalized spacial score (nSPS) is 24.3. The lowest BCUT2D eigenvalue weighted by atomic mass is 9.89. The zero-order valence-corrected chi connectivity index (χ0v) is 11.9. The van der Waals surface area contributed by atoms with E-state index in [1.165, 1.54) is 6.07 Å². The van der Waals surface area contributed by atoms with Crippen LogP contribution in [0, 0.1) is 10.1 Å². The molecular formula is C15H20N2O4. The molecule has 1 unspecified atom stereocenters. The third kappa shape index (κ3) is 3.23. The van der Waals surface area contributed by atoms with E-state index in [-0.39, 0.29) is 28.9 Å². The maximum absolute atomic E-state index is 11.0. The summed E-state index contributed by atoms with van der Waals surface area (Å²) >= 11 is 0. The van der Waals surface area contributed by atoms with Crippen LogP contribution < -0.4 is 5.32 Å². The Labute approximate surface area is 123 Å². The smallest absolute Gasteiger partial charge is 0.274 e. The summed E-state index contributed by atoms with van der Waals surface area (Å²) in [6.07, 6.45) is 2.94. The molecule has 0 aliphatic carbocycles. The van der Waals surface area contributed by atoms with Crippen molar-refractivity contribution in [3.63, 3.8) is 0 Å². The number of benzene rings is 1. The van der Waals surface area contributed by atoms with Crippen LogP contribution in [0.25, 0.3) is 0 Å². The van der Waals surface area contributed by atoms with Gasteiger partial charge in [0.05, 0.1) is 35.4 Å². The molecule has 3 rings (SSSR count). The fourth-order valence-electron chi connectivity index (χ4n) is 3.16. The number of piperidine rings is 1. The van der Waals surface area contributed by atoms with E-state index in [1.54, 1.807) is 18.2 Å². The van der Waals surface area contributed by atoms with Gasteiger partial charge in [0.2, 0.25) is 0 Å². The van der Waals surface area contributed by atoms with E-state index in [9.17, 15) is 10.1 Å². The first-order valence-electron chi connectivity index (χ1n) is 7.37. The largest absolute Gasteiger partial charge is 0.372 e. The Morgan fingerprint density at radius 2 is 2.14 bits per heavy atom. The van der Waals surface area contributed by atoms with Gasteiger partial charge in [0.25, 0.3) is 5.69 Å². The van der Waals surface area contributed by atoms with Gasteiger partial charge in [-0.3, -0.25) is 10.1 Å². The molecule has 21 heavy (non-hydrogen) atoms. The molecule has 2 heterocycles. The summed E-state index contributed by atoms with van der Waals surface area (Å²) in [4.78, 5) is 10.6. The second-order valence-corrected chi connectivity index (χ2v) is 5.77. The topological polar surface area (TPSA) is 73.6 Å². The molecule has 2 fully saturated rings. The summed E-state index contributed by atoms with van der Waals surface area (Å²) in [5, 5.41) is 14.3. The van der Waals surface area contributed by atoms with E-state index in [0.29, 0.717) is 12.2 Å². The van der Waals surface area contributed by atoms with Gasteiger partial charge >= 0.3 is 0 Å². The van der Waals surface area contributed by atoms with Gasteiger partial charge in [0.1, 0.15) is 0 Å². The van der Waals surface area contributed by atoms with Crippen molar-refractivity contribution in [2.75, 3.05) is 19.7 Å². The Balaban J connectivity index is 1.58. The van der Waals surface area contributed by atoms with Crippen LogP contribution in [0.5, 0.6) is 0 Å². The molecule has 6 heteroatoms. The van der Waals surface area contributed by atoms with Gasteiger partial charge in [-0.15, -0.1) is 0 Å². The number of nitrogens with one attached hydrogen (secondary N) is 1. The summed E-state index contributed by atoms with van der Waals surface area (Å²) in [6, 6.07) is 6.72. The van der Waals surface area contributed by atoms with Crippen molar-refractivity contribution in [3.8, 4) is 0 Å². The highest BCUT2D eigenvalue weighted by atomic mass is 16.6. The Bertz CT molecular complexity index is 514. The van der Waals surface area contributed by atoms with E-state index < -0.39 is 0 Å². The quantitative estimate of drug-likeness (QED) is 0.679. The molecule has 0 aromatic heterocycles. The van der Waals surface area contributed by atoms with E-state index in [1.807, 2.05) is 0 Å². The van der Waals surface area contributed by atoms with Gasteiger partial charge < -0.3 is 14.8 Å². The molecule has 0 amide bonds. The molecule has 0 saturated carbocycles. The van der Waals surface area contributed by atoms with Gasteiger partial charge in [0, 0.05) is 12.5 Å². The molecule has 6 nitrogen and oxygen atoms in total. The lowest BCUT2D eigenvalue weighted by Gasteiger charge is -2.32. The number of nitrogens with zero attached hydrogens (tertiary/aromatic N) is 1. The van der Waals surface area contributed by atoms with Crippen molar-refractivity contribution in [1.29, 1.82) is 0 Å². The second-order valence-electron chi connectivity index (χ2n) is 5.77. The molecule has 1 aromatic rings. The van der Waals surface area contributed by atoms with Crippen LogP contribution in [-0.2, 0) is 16.1 Å². The SMILES string of the molecule is O=[N+]([O-])c1ccccc1COC1COC2(CCNCC2)C1. The Morgan fingerprint density at radius 1 is 1.38 bits per heavy atom. The van der Waals surface area contributed by atoms with Crippen molar-refractivity contribution in [2.24, 2.45) is 0 Å². The van der Waals surface area contributed by atoms with Crippen molar-refractivity contribution < 1.29 is 14.4 Å². The van der Waals surface area contributed by atoms with Crippen LogP contribution in [0.3, 0.4) is 0 Å². The van der Waals surface area contributed by atoms with Gasteiger partial charge in [-0.2, -0.15) is 0 Å². The molecule has 1 aromatic carbocycles. The maximum Gasteiger partial charge on any atom is 0.274 e.